The van der Waals surface area contributed by atoms with Crippen molar-refractivity contribution in [2.45, 2.75) is 71.4 Å². The minimum Gasteiger partial charge on any atom is -0.326 e. The molecule has 2 rings (SSSR count). The first-order chi connectivity index (χ1) is 8.03. The molecule has 1 saturated carbocycles. The van der Waals surface area contributed by atoms with Crippen molar-refractivity contribution in [2.24, 2.45) is 17.1 Å². The summed E-state index contributed by atoms with van der Waals surface area (Å²) in [6, 6.07) is 1.28. The van der Waals surface area contributed by atoms with Crippen molar-refractivity contribution < 1.29 is 0 Å². The first-order valence-corrected chi connectivity index (χ1v) is 7.52. The lowest BCUT2D eigenvalue weighted by Gasteiger charge is -2.41. The Morgan fingerprint density at radius 3 is 2.24 bits per heavy atom. The van der Waals surface area contributed by atoms with Gasteiger partial charge in [-0.3, -0.25) is 4.90 Å². The van der Waals surface area contributed by atoms with Crippen molar-refractivity contribution >= 4 is 0 Å². The van der Waals surface area contributed by atoms with Gasteiger partial charge in [0.15, 0.2) is 0 Å². The van der Waals surface area contributed by atoms with Crippen LogP contribution in [0.15, 0.2) is 0 Å². The average Bonchev–Trinajstić information content (AvgIpc) is 2.76. The maximum Gasteiger partial charge on any atom is 0.0180 e. The van der Waals surface area contributed by atoms with Crippen LogP contribution in [-0.4, -0.2) is 30.1 Å². The molecule has 17 heavy (non-hydrogen) atoms. The average molecular weight is 238 g/mol. The van der Waals surface area contributed by atoms with Crippen molar-refractivity contribution in [2.75, 3.05) is 13.1 Å². The predicted molar refractivity (Wildman–Crippen MR) is 74.0 cm³/mol. The van der Waals surface area contributed by atoms with E-state index in [-0.39, 0.29) is 0 Å². The van der Waals surface area contributed by atoms with Crippen molar-refractivity contribution in [3.63, 3.8) is 0 Å². The summed E-state index contributed by atoms with van der Waals surface area (Å²) in [6.07, 6.45) is 8.19. The van der Waals surface area contributed by atoms with Gasteiger partial charge in [0.05, 0.1) is 0 Å². The van der Waals surface area contributed by atoms with Crippen molar-refractivity contribution in [3.05, 3.63) is 0 Å². The van der Waals surface area contributed by atoms with Crippen LogP contribution in [0.5, 0.6) is 0 Å². The lowest BCUT2D eigenvalue weighted by molar-refractivity contribution is 0.0967. The lowest BCUT2D eigenvalue weighted by atomic mass is 9.69. The second-order valence-corrected chi connectivity index (χ2v) is 6.89. The molecule has 100 valence electrons. The van der Waals surface area contributed by atoms with Crippen LogP contribution in [0.1, 0.15) is 59.3 Å². The summed E-state index contributed by atoms with van der Waals surface area (Å²) in [7, 11) is 0. The molecule has 0 aromatic carbocycles. The van der Waals surface area contributed by atoms with Gasteiger partial charge in [0.2, 0.25) is 0 Å². The van der Waals surface area contributed by atoms with E-state index < -0.39 is 0 Å². The summed E-state index contributed by atoms with van der Waals surface area (Å²) in [6.45, 7) is 9.62. The summed E-state index contributed by atoms with van der Waals surface area (Å²) in [5.74, 6) is 0.944. The highest BCUT2D eigenvalue weighted by molar-refractivity contribution is 4.89. The fourth-order valence-corrected chi connectivity index (χ4v) is 3.66. The molecule has 1 heterocycles. The fourth-order valence-electron chi connectivity index (χ4n) is 3.66. The maximum absolute atomic E-state index is 6.01. The van der Waals surface area contributed by atoms with Crippen LogP contribution in [-0.2, 0) is 0 Å². The molecule has 1 aliphatic carbocycles. The van der Waals surface area contributed by atoms with Gasteiger partial charge in [0, 0.05) is 25.2 Å². The minimum atomic E-state index is 0.444. The van der Waals surface area contributed by atoms with Gasteiger partial charge in [-0.25, -0.2) is 0 Å². The standard InChI is InChI=1S/C15H30N2/c1-4-15(2,3)12-5-7-14(8-6-12)17-10-9-13(16)11-17/h12-14H,4-11,16H2,1-3H3. The minimum absolute atomic E-state index is 0.444. The van der Waals surface area contributed by atoms with Crippen LogP contribution in [0.4, 0.5) is 0 Å². The van der Waals surface area contributed by atoms with Crippen molar-refractivity contribution in [1.82, 2.24) is 4.90 Å². The Labute approximate surface area is 107 Å². The van der Waals surface area contributed by atoms with Crippen LogP contribution in [0, 0.1) is 11.3 Å². The molecule has 0 bridgehead atoms. The molecule has 1 atom stereocenters. The third-order valence-corrected chi connectivity index (χ3v) is 5.49. The van der Waals surface area contributed by atoms with Gasteiger partial charge in [-0.1, -0.05) is 27.2 Å². The number of likely N-dealkylation sites (tertiary alicyclic amines) is 1. The van der Waals surface area contributed by atoms with Gasteiger partial charge in [-0.05, 0) is 43.4 Å². The molecular formula is C15H30N2. The van der Waals surface area contributed by atoms with Gasteiger partial charge in [-0.2, -0.15) is 0 Å². The van der Waals surface area contributed by atoms with E-state index in [1.54, 1.807) is 0 Å². The van der Waals surface area contributed by atoms with E-state index in [1.807, 2.05) is 0 Å². The highest BCUT2D eigenvalue weighted by Gasteiger charge is 2.35. The van der Waals surface area contributed by atoms with E-state index in [0.717, 1.165) is 18.5 Å². The van der Waals surface area contributed by atoms with Crippen LogP contribution >= 0.6 is 0 Å². The molecule has 0 amide bonds. The molecule has 0 aromatic heterocycles. The van der Waals surface area contributed by atoms with Gasteiger partial charge in [-0.15, -0.1) is 0 Å². The van der Waals surface area contributed by atoms with Crippen LogP contribution in [0.3, 0.4) is 0 Å². The molecule has 0 spiro atoms. The largest absolute Gasteiger partial charge is 0.326 e. The zero-order valence-electron chi connectivity index (χ0n) is 11.9. The summed E-state index contributed by atoms with van der Waals surface area (Å²) in [4.78, 5) is 2.65. The molecular weight excluding hydrogens is 208 g/mol. The van der Waals surface area contributed by atoms with E-state index >= 15 is 0 Å². The zero-order valence-corrected chi connectivity index (χ0v) is 11.9. The summed E-state index contributed by atoms with van der Waals surface area (Å²) in [5.41, 5.74) is 6.56. The number of rotatable bonds is 3. The second kappa shape index (κ2) is 5.27. The Bertz CT molecular complexity index is 241. The van der Waals surface area contributed by atoms with Crippen molar-refractivity contribution in [1.29, 1.82) is 0 Å². The lowest BCUT2D eigenvalue weighted by Crippen LogP contribution is -2.40. The normalized spacial score (nSPS) is 36.4. The molecule has 1 aliphatic heterocycles. The highest BCUT2D eigenvalue weighted by Crippen LogP contribution is 2.41. The number of nitrogens with two attached hydrogens (primary N) is 1. The van der Waals surface area contributed by atoms with E-state index in [1.165, 1.54) is 45.1 Å². The molecule has 2 fully saturated rings. The second-order valence-electron chi connectivity index (χ2n) is 6.89. The maximum atomic E-state index is 6.01. The predicted octanol–water partition coefficient (Wildman–Crippen LogP) is 3.01. The number of nitrogens with zero attached hydrogens (tertiary/aromatic N) is 1. The Balaban J connectivity index is 1.82. The third-order valence-electron chi connectivity index (χ3n) is 5.49. The van der Waals surface area contributed by atoms with Gasteiger partial charge in [0.1, 0.15) is 0 Å². The Kier molecular flexibility index (Phi) is 4.14. The highest BCUT2D eigenvalue weighted by atomic mass is 15.2. The molecule has 2 nitrogen and oxygen atoms in total. The molecule has 0 aromatic rings. The molecule has 1 unspecified atom stereocenters. The quantitative estimate of drug-likeness (QED) is 0.819. The Hall–Kier alpha value is -0.0800. The van der Waals surface area contributed by atoms with Gasteiger partial charge < -0.3 is 5.73 Å². The Morgan fingerprint density at radius 2 is 1.76 bits per heavy atom. The van der Waals surface area contributed by atoms with Crippen LogP contribution < -0.4 is 5.73 Å². The topological polar surface area (TPSA) is 29.3 Å². The first-order valence-electron chi connectivity index (χ1n) is 7.52. The zero-order chi connectivity index (χ0) is 12.5. The van der Waals surface area contributed by atoms with E-state index in [2.05, 4.69) is 25.7 Å². The van der Waals surface area contributed by atoms with E-state index in [0.29, 0.717) is 11.5 Å². The van der Waals surface area contributed by atoms with E-state index in [9.17, 15) is 0 Å². The van der Waals surface area contributed by atoms with Crippen LogP contribution in [0.2, 0.25) is 0 Å². The van der Waals surface area contributed by atoms with Gasteiger partial charge >= 0.3 is 0 Å². The fraction of sp³-hybridized carbons (Fsp3) is 1.00. The van der Waals surface area contributed by atoms with Crippen LogP contribution in [0.25, 0.3) is 0 Å². The SMILES string of the molecule is CCC(C)(C)C1CCC(N2CCC(N)C2)CC1. The molecule has 2 N–H and O–H groups in total. The Morgan fingerprint density at radius 1 is 1.12 bits per heavy atom. The van der Waals surface area contributed by atoms with E-state index in [4.69, 9.17) is 5.73 Å². The molecule has 2 heteroatoms. The smallest absolute Gasteiger partial charge is 0.0180 e. The van der Waals surface area contributed by atoms with Gasteiger partial charge in [0.25, 0.3) is 0 Å². The summed E-state index contributed by atoms with van der Waals surface area (Å²) < 4.78 is 0. The third kappa shape index (κ3) is 3.03. The summed E-state index contributed by atoms with van der Waals surface area (Å²) >= 11 is 0. The monoisotopic (exact) mass is 238 g/mol. The molecule has 1 saturated heterocycles. The molecule has 0 radical (unpaired) electrons. The molecule has 2 aliphatic rings. The first kappa shape index (κ1) is 13.4. The summed E-state index contributed by atoms with van der Waals surface area (Å²) in [5, 5.41) is 0. The van der Waals surface area contributed by atoms with Crippen molar-refractivity contribution in [3.8, 4) is 0 Å². The number of hydrogen-bond donors (Lipinski definition) is 1. The number of hydrogen-bond acceptors (Lipinski definition) is 2.